The topological polar surface area (TPSA) is 43.1 Å². The number of benzene rings is 1. The first-order chi connectivity index (χ1) is 6.25. The Morgan fingerprint density at radius 2 is 2.00 bits per heavy atom. The Morgan fingerprint density at radius 1 is 1.38 bits per heavy atom. The molecule has 0 aliphatic heterocycles. The Morgan fingerprint density at radius 3 is 2.46 bits per heavy atom. The summed E-state index contributed by atoms with van der Waals surface area (Å²) < 4.78 is 0. The monoisotopic (exact) mass is 177 g/mol. The molecule has 0 saturated heterocycles. The molecular formula is C11H15NO. The Balaban J connectivity index is 2.82. The predicted octanol–water partition coefficient (Wildman–Crippen LogP) is 2.06. The molecule has 0 bridgehead atoms. The lowest BCUT2D eigenvalue weighted by atomic mass is 9.94. The first-order valence-corrected chi connectivity index (χ1v) is 4.60. The summed E-state index contributed by atoms with van der Waals surface area (Å²) in [7, 11) is 0. The van der Waals surface area contributed by atoms with Gasteiger partial charge >= 0.3 is 0 Å². The zero-order valence-electron chi connectivity index (χ0n) is 7.86. The van der Waals surface area contributed by atoms with Crippen molar-refractivity contribution in [3.63, 3.8) is 0 Å². The molecule has 0 heterocycles. The molecule has 0 radical (unpaired) electrons. The van der Waals surface area contributed by atoms with Crippen LogP contribution in [0, 0.1) is 0 Å². The van der Waals surface area contributed by atoms with Crippen LogP contribution in [-0.4, -0.2) is 5.91 Å². The number of rotatable bonds is 4. The predicted molar refractivity (Wildman–Crippen MR) is 53.3 cm³/mol. The van der Waals surface area contributed by atoms with Gasteiger partial charge < -0.3 is 5.73 Å². The van der Waals surface area contributed by atoms with E-state index in [9.17, 15) is 4.79 Å². The molecule has 1 rings (SSSR count). The first-order valence-electron chi connectivity index (χ1n) is 4.60. The summed E-state index contributed by atoms with van der Waals surface area (Å²) in [5.74, 6) is -0.348. The van der Waals surface area contributed by atoms with E-state index >= 15 is 0 Å². The molecule has 13 heavy (non-hydrogen) atoms. The zero-order chi connectivity index (χ0) is 9.68. The highest BCUT2D eigenvalue weighted by molar-refractivity contribution is 5.81. The highest BCUT2D eigenvalue weighted by atomic mass is 16.1. The fraction of sp³-hybridized carbons (Fsp3) is 0.364. The number of primary amides is 1. The van der Waals surface area contributed by atoms with Gasteiger partial charge in [0.15, 0.2) is 0 Å². The van der Waals surface area contributed by atoms with Crippen LogP contribution in [0.5, 0.6) is 0 Å². The summed E-state index contributed by atoms with van der Waals surface area (Å²) in [6.07, 6.45) is 1.81. The smallest absolute Gasteiger partial charge is 0.224 e. The van der Waals surface area contributed by atoms with E-state index in [-0.39, 0.29) is 11.8 Å². The van der Waals surface area contributed by atoms with Crippen molar-refractivity contribution >= 4 is 5.91 Å². The molecule has 1 amide bonds. The van der Waals surface area contributed by atoms with Gasteiger partial charge in [0.25, 0.3) is 0 Å². The second kappa shape index (κ2) is 4.65. The number of carbonyl (C=O) groups excluding carboxylic acids is 1. The molecule has 0 aliphatic carbocycles. The Labute approximate surface area is 78.8 Å². The summed E-state index contributed by atoms with van der Waals surface area (Å²) in [4.78, 5) is 11.1. The first kappa shape index (κ1) is 9.78. The molecule has 0 spiro atoms. The number of hydrogen-bond donors (Lipinski definition) is 1. The largest absolute Gasteiger partial charge is 0.369 e. The number of nitrogens with two attached hydrogens (primary N) is 1. The summed E-state index contributed by atoms with van der Waals surface area (Å²) in [6, 6.07) is 9.70. The van der Waals surface area contributed by atoms with E-state index in [1.165, 1.54) is 0 Å². The van der Waals surface area contributed by atoms with Crippen LogP contribution in [0.25, 0.3) is 0 Å². The van der Waals surface area contributed by atoms with Gasteiger partial charge in [0.05, 0.1) is 5.92 Å². The quantitative estimate of drug-likeness (QED) is 0.751. The van der Waals surface area contributed by atoms with Crippen LogP contribution >= 0.6 is 0 Å². The number of carbonyl (C=O) groups is 1. The summed E-state index contributed by atoms with van der Waals surface area (Å²) in [6.45, 7) is 2.05. The number of hydrogen-bond acceptors (Lipinski definition) is 1. The standard InChI is InChI=1S/C11H15NO/c1-2-6-10(11(12)13)9-7-4-3-5-8-9/h3-5,7-8,10H,2,6H2,1H3,(H2,12,13)/t10-/m0/s1. The molecule has 2 N–H and O–H groups in total. The maximum absolute atomic E-state index is 11.1. The third-order valence-corrected chi connectivity index (χ3v) is 2.12. The van der Waals surface area contributed by atoms with Crippen molar-refractivity contribution in [3.8, 4) is 0 Å². The number of amides is 1. The van der Waals surface area contributed by atoms with Crippen LogP contribution in [0.4, 0.5) is 0 Å². The average molecular weight is 177 g/mol. The third kappa shape index (κ3) is 2.58. The molecule has 0 aromatic heterocycles. The van der Waals surface area contributed by atoms with Gasteiger partial charge in [-0.15, -0.1) is 0 Å². The molecule has 0 unspecified atom stereocenters. The van der Waals surface area contributed by atoms with E-state index in [2.05, 4.69) is 6.92 Å². The van der Waals surface area contributed by atoms with Crippen LogP contribution in [0.3, 0.4) is 0 Å². The second-order valence-electron chi connectivity index (χ2n) is 3.15. The van der Waals surface area contributed by atoms with E-state index in [0.717, 1.165) is 18.4 Å². The van der Waals surface area contributed by atoms with E-state index < -0.39 is 0 Å². The van der Waals surface area contributed by atoms with E-state index in [1.54, 1.807) is 0 Å². The minimum absolute atomic E-state index is 0.119. The molecule has 1 atom stereocenters. The van der Waals surface area contributed by atoms with Crippen molar-refractivity contribution < 1.29 is 4.79 Å². The highest BCUT2D eigenvalue weighted by Gasteiger charge is 2.15. The van der Waals surface area contributed by atoms with Gasteiger partial charge in [-0.25, -0.2) is 0 Å². The minimum atomic E-state index is -0.229. The lowest BCUT2D eigenvalue weighted by molar-refractivity contribution is -0.119. The van der Waals surface area contributed by atoms with E-state index in [1.807, 2.05) is 30.3 Å². The fourth-order valence-electron chi connectivity index (χ4n) is 1.45. The van der Waals surface area contributed by atoms with Crippen LogP contribution in [0.1, 0.15) is 31.2 Å². The summed E-state index contributed by atoms with van der Waals surface area (Å²) in [5, 5.41) is 0. The van der Waals surface area contributed by atoms with Crippen LogP contribution in [0.15, 0.2) is 30.3 Å². The molecular weight excluding hydrogens is 162 g/mol. The highest BCUT2D eigenvalue weighted by Crippen LogP contribution is 2.19. The maximum atomic E-state index is 11.1. The van der Waals surface area contributed by atoms with Gasteiger partial charge in [0.2, 0.25) is 5.91 Å². The summed E-state index contributed by atoms with van der Waals surface area (Å²) in [5.41, 5.74) is 6.34. The van der Waals surface area contributed by atoms with Crippen molar-refractivity contribution in [1.29, 1.82) is 0 Å². The molecule has 2 heteroatoms. The molecule has 1 aromatic rings. The maximum Gasteiger partial charge on any atom is 0.224 e. The van der Waals surface area contributed by atoms with Crippen LogP contribution in [-0.2, 0) is 4.79 Å². The van der Waals surface area contributed by atoms with Crippen molar-refractivity contribution in [2.75, 3.05) is 0 Å². The Hall–Kier alpha value is -1.31. The van der Waals surface area contributed by atoms with Gasteiger partial charge in [-0.3, -0.25) is 4.79 Å². The van der Waals surface area contributed by atoms with Crippen LogP contribution in [0.2, 0.25) is 0 Å². The van der Waals surface area contributed by atoms with Gasteiger partial charge in [-0.05, 0) is 12.0 Å². The van der Waals surface area contributed by atoms with Gasteiger partial charge in [0, 0.05) is 0 Å². The Kier molecular flexibility index (Phi) is 3.50. The molecule has 2 nitrogen and oxygen atoms in total. The van der Waals surface area contributed by atoms with E-state index in [0.29, 0.717) is 0 Å². The molecule has 0 fully saturated rings. The normalized spacial score (nSPS) is 12.4. The molecule has 1 aromatic carbocycles. The molecule has 70 valence electrons. The van der Waals surface area contributed by atoms with Gasteiger partial charge in [-0.2, -0.15) is 0 Å². The third-order valence-electron chi connectivity index (χ3n) is 2.12. The van der Waals surface area contributed by atoms with Crippen molar-refractivity contribution in [1.82, 2.24) is 0 Å². The fourth-order valence-corrected chi connectivity index (χ4v) is 1.45. The lowest BCUT2D eigenvalue weighted by Crippen LogP contribution is -2.21. The van der Waals surface area contributed by atoms with Crippen molar-refractivity contribution in [3.05, 3.63) is 35.9 Å². The van der Waals surface area contributed by atoms with Crippen molar-refractivity contribution in [2.45, 2.75) is 25.7 Å². The summed E-state index contributed by atoms with van der Waals surface area (Å²) >= 11 is 0. The van der Waals surface area contributed by atoms with Crippen molar-refractivity contribution in [2.24, 2.45) is 5.73 Å². The SMILES string of the molecule is CCC[C@H](C(N)=O)c1ccccc1. The van der Waals surface area contributed by atoms with Crippen LogP contribution < -0.4 is 5.73 Å². The Bertz CT molecular complexity index is 269. The second-order valence-corrected chi connectivity index (χ2v) is 3.15. The average Bonchev–Trinajstić information content (AvgIpc) is 2.15. The molecule has 0 aliphatic rings. The van der Waals surface area contributed by atoms with Gasteiger partial charge in [0.1, 0.15) is 0 Å². The zero-order valence-corrected chi connectivity index (χ0v) is 7.86. The minimum Gasteiger partial charge on any atom is -0.369 e. The van der Waals surface area contributed by atoms with Gasteiger partial charge in [-0.1, -0.05) is 43.7 Å². The van der Waals surface area contributed by atoms with E-state index in [4.69, 9.17) is 5.73 Å². The molecule has 0 saturated carbocycles. The lowest BCUT2D eigenvalue weighted by Gasteiger charge is -2.11.